The molecule has 33 heavy (non-hydrogen) atoms. The standard InChI is InChI=1S/C26H20N2O3S2/c1-17-6-2-3-9-23(17)28-25(30)21-11-10-18(14-22(21)26(28)31)24(29)27(15-19-7-4-12-32-19)16-20-8-5-13-33-20/h2-14H,15-16H2,1H3. The van der Waals surface area contributed by atoms with E-state index < -0.39 is 5.91 Å². The number of thiophene rings is 2. The van der Waals surface area contributed by atoms with E-state index in [0.717, 1.165) is 15.3 Å². The van der Waals surface area contributed by atoms with Crippen molar-refractivity contribution in [1.82, 2.24) is 4.90 Å². The molecule has 0 spiro atoms. The molecule has 1 aliphatic heterocycles. The number of hydrogen-bond acceptors (Lipinski definition) is 5. The molecule has 0 bridgehead atoms. The summed E-state index contributed by atoms with van der Waals surface area (Å²) in [6.45, 7) is 2.82. The van der Waals surface area contributed by atoms with Gasteiger partial charge in [0.1, 0.15) is 0 Å². The van der Waals surface area contributed by atoms with Gasteiger partial charge >= 0.3 is 0 Å². The number of hydrogen-bond donors (Lipinski definition) is 0. The van der Waals surface area contributed by atoms with Crippen molar-refractivity contribution in [2.75, 3.05) is 4.90 Å². The van der Waals surface area contributed by atoms with Gasteiger partial charge in [0, 0.05) is 15.3 Å². The Morgan fingerprint density at radius 1 is 0.818 bits per heavy atom. The van der Waals surface area contributed by atoms with Crippen LogP contribution in [0.5, 0.6) is 0 Å². The molecule has 164 valence electrons. The Morgan fingerprint density at radius 3 is 2.06 bits per heavy atom. The highest BCUT2D eigenvalue weighted by molar-refractivity contribution is 7.10. The van der Waals surface area contributed by atoms with Crippen LogP contribution in [0.25, 0.3) is 0 Å². The van der Waals surface area contributed by atoms with Gasteiger partial charge in [0.15, 0.2) is 0 Å². The monoisotopic (exact) mass is 472 g/mol. The number of para-hydroxylation sites is 1. The van der Waals surface area contributed by atoms with E-state index >= 15 is 0 Å². The molecule has 0 saturated carbocycles. The van der Waals surface area contributed by atoms with Crippen LogP contribution in [0.1, 0.15) is 46.4 Å². The van der Waals surface area contributed by atoms with Crippen LogP contribution in [-0.2, 0) is 13.1 Å². The van der Waals surface area contributed by atoms with Crippen molar-refractivity contribution in [3.8, 4) is 0 Å². The van der Waals surface area contributed by atoms with E-state index in [9.17, 15) is 14.4 Å². The second-order valence-corrected chi connectivity index (χ2v) is 9.88. The number of fused-ring (bicyclic) bond motifs is 1. The second-order valence-electron chi connectivity index (χ2n) is 7.81. The molecule has 0 fully saturated rings. The van der Waals surface area contributed by atoms with Crippen molar-refractivity contribution in [2.24, 2.45) is 0 Å². The van der Waals surface area contributed by atoms with Crippen LogP contribution in [-0.4, -0.2) is 22.6 Å². The highest BCUT2D eigenvalue weighted by atomic mass is 32.1. The lowest BCUT2D eigenvalue weighted by molar-refractivity contribution is 0.0733. The SMILES string of the molecule is Cc1ccccc1N1C(=O)c2ccc(C(=O)N(Cc3cccs3)Cc3cccs3)cc2C1=O. The first kappa shape index (κ1) is 21.3. The summed E-state index contributed by atoms with van der Waals surface area (Å²) in [6.07, 6.45) is 0. The van der Waals surface area contributed by atoms with Crippen molar-refractivity contribution < 1.29 is 14.4 Å². The molecule has 1 aliphatic rings. The van der Waals surface area contributed by atoms with Gasteiger partial charge in [-0.2, -0.15) is 0 Å². The Kier molecular flexibility index (Phi) is 5.66. The van der Waals surface area contributed by atoms with Crippen molar-refractivity contribution >= 4 is 46.1 Å². The number of carbonyl (C=O) groups is 3. The molecule has 0 aliphatic carbocycles. The Morgan fingerprint density at radius 2 is 1.45 bits per heavy atom. The van der Waals surface area contributed by atoms with Crippen LogP contribution >= 0.6 is 22.7 Å². The predicted molar refractivity (Wildman–Crippen MR) is 131 cm³/mol. The number of nitrogens with zero attached hydrogens (tertiary/aromatic N) is 2. The second kappa shape index (κ2) is 8.77. The summed E-state index contributed by atoms with van der Waals surface area (Å²) in [5.74, 6) is -0.937. The first-order valence-electron chi connectivity index (χ1n) is 10.5. The van der Waals surface area contributed by atoms with Crippen molar-refractivity contribution in [2.45, 2.75) is 20.0 Å². The number of benzene rings is 2. The molecule has 3 amide bonds. The largest absolute Gasteiger partial charge is 0.328 e. The molecule has 7 heteroatoms. The van der Waals surface area contributed by atoms with E-state index in [4.69, 9.17) is 0 Å². The highest BCUT2D eigenvalue weighted by Crippen LogP contribution is 2.31. The van der Waals surface area contributed by atoms with E-state index in [2.05, 4.69) is 0 Å². The average Bonchev–Trinajstić information content (AvgIpc) is 3.57. The third kappa shape index (κ3) is 4.01. The highest BCUT2D eigenvalue weighted by Gasteiger charge is 2.38. The summed E-state index contributed by atoms with van der Waals surface area (Å²) < 4.78 is 0. The van der Waals surface area contributed by atoms with E-state index in [-0.39, 0.29) is 17.4 Å². The molecule has 4 aromatic rings. The number of imide groups is 1. The van der Waals surface area contributed by atoms with Crippen LogP contribution in [0.2, 0.25) is 0 Å². The van der Waals surface area contributed by atoms with Crippen molar-refractivity contribution in [3.05, 3.63) is 109 Å². The number of rotatable bonds is 6. The summed E-state index contributed by atoms with van der Waals surface area (Å²) in [7, 11) is 0. The normalized spacial score (nSPS) is 12.8. The minimum absolute atomic E-state index is 0.172. The van der Waals surface area contributed by atoms with Gasteiger partial charge in [-0.3, -0.25) is 14.4 Å². The van der Waals surface area contributed by atoms with Crippen LogP contribution in [0, 0.1) is 6.92 Å². The fourth-order valence-electron chi connectivity index (χ4n) is 3.97. The maximum atomic E-state index is 13.5. The fourth-order valence-corrected chi connectivity index (χ4v) is 5.41. The molecule has 5 rings (SSSR count). The van der Waals surface area contributed by atoms with Crippen LogP contribution in [0.4, 0.5) is 5.69 Å². The van der Waals surface area contributed by atoms with E-state index in [1.165, 1.54) is 4.90 Å². The summed E-state index contributed by atoms with van der Waals surface area (Å²) >= 11 is 3.20. The average molecular weight is 473 g/mol. The molecular weight excluding hydrogens is 452 g/mol. The van der Waals surface area contributed by atoms with E-state index in [0.29, 0.717) is 29.9 Å². The Hall–Kier alpha value is -3.55. The molecule has 0 saturated heterocycles. The van der Waals surface area contributed by atoms with Gasteiger partial charge in [-0.05, 0) is 59.6 Å². The molecule has 2 aromatic heterocycles. The lowest BCUT2D eigenvalue weighted by Gasteiger charge is -2.22. The number of anilines is 1. The summed E-state index contributed by atoms with van der Waals surface area (Å²) in [4.78, 5) is 44.9. The molecule has 0 atom stereocenters. The zero-order valence-electron chi connectivity index (χ0n) is 17.9. The number of carbonyl (C=O) groups excluding carboxylic acids is 3. The fraction of sp³-hybridized carbons (Fsp3) is 0.115. The maximum Gasteiger partial charge on any atom is 0.266 e. The Labute approximate surface area is 199 Å². The van der Waals surface area contributed by atoms with Gasteiger partial charge in [-0.15, -0.1) is 22.7 Å². The zero-order valence-corrected chi connectivity index (χ0v) is 19.5. The van der Waals surface area contributed by atoms with Gasteiger partial charge in [0.25, 0.3) is 17.7 Å². The van der Waals surface area contributed by atoms with Gasteiger partial charge < -0.3 is 4.90 Å². The molecule has 0 radical (unpaired) electrons. The molecule has 0 unspecified atom stereocenters. The smallest absolute Gasteiger partial charge is 0.266 e. The third-order valence-corrected chi connectivity index (χ3v) is 7.35. The maximum absolute atomic E-state index is 13.5. The summed E-state index contributed by atoms with van der Waals surface area (Å²) in [5, 5.41) is 3.98. The van der Waals surface area contributed by atoms with E-state index in [1.54, 1.807) is 57.9 Å². The molecule has 0 N–H and O–H groups in total. The topological polar surface area (TPSA) is 57.7 Å². The number of aryl methyl sites for hydroxylation is 1. The Balaban J connectivity index is 1.47. The van der Waals surface area contributed by atoms with Crippen LogP contribution in [0.3, 0.4) is 0 Å². The van der Waals surface area contributed by atoms with Gasteiger partial charge in [-0.25, -0.2) is 4.90 Å². The molecular formula is C26H20N2O3S2. The zero-order chi connectivity index (χ0) is 22.9. The summed E-state index contributed by atoms with van der Waals surface area (Å²) in [5.41, 5.74) is 2.38. The van der Waals surface area contributed by atoms with E-state index in [1.807, 2.05) is 54.1 Å². The lowest BCUT2D eigenvalue weighted by Crippen LogP contribution is -2.30. The first-order valence-corrected chi connectivity index (χ1v) is 12.2. The van der Waals surface area contributed by atoms with Gasteiger partial charge in [0.05, 0.1) is 29.9 Å². The summed E-state index contributed by atoms with van der Waals surface area (Å²) in [6, 6.07) is 20.0. The first-order chi connectivity index (χ1) is 16.0. The van der Waals surface area contributed by atoms with Crippen molar-refractivity contribution in [3.63, 3.8) is 0 Å². The quantitative estimate of drug-likeness (QED) is 0.335. The number of amides is 3. The predicted octanol–water partition coefficient (Wildman–Crippen LogP) is 5.76. The third-order valence-electron chi connectivity index (χ3n) is 5.63. The minimum Gasteiger partial charge on any atom is -0.328 e. The van der Waals surface area contributed by atoms with Crippen molar-refractivity contribution in [1.29, 1.82) is 0 Å². The minimum atomic E-state index is -0.401. The van der Waals surface area contributed by atoms with Crippen LogP contribution < -0.4 is 4.90 Å². The molecule has 2 aromatic carbocycles. The molecule has 5 nitrogen and oxygen atoms in total. The van der Waals surface area contributed by atoms with Gasteiger partial charge in [-0.1, -0.05) is 30.3 Å². The molecule has 3 heterocycles. The Bertz CT molecular complexity index is 1310. The van der Waals surface area contributed by atoms with Gasteiger partial charge in [0.2, 0.25) is 0 Å². The van der Waals surface area contributed by atoms with Crippen LogP contribution in [0.15, 0.2) is 77.5 Å². The lowest BCUT2D eigenvalue weighted by atomic mass is 10.0.